The van der Waals surface area contributed by atoms with Gasteiger partial charge in [0.25, 0.3) is 5.56 Å². The van der Waals surface area contributed by atoms with Crippen molar-refractivity contribution in [3.63, 3.8) is 0 Å². The van der Waals surface area contributed by atoms with Crippen molar-refractivity contribution in [2.75, 3.05) is 17.2 Å². The van der Waals surface area contributed by atoms with Gasteiger partial charge in [0.1, 0.15) is 6.07 Å². The van der Waals surface area contributed by atoms with E-state index in [0.29, 0.717) is 39.8 Å². The van der Waals surface area contributed by atoms with E-state index in [4.69, 9.17) is 11.6 Å². The van der Waals surface area contributed by atoms with E-state index >= 15 is 0 Å². The maximum absolute atomic E-state index is 13.1. The number of nitrogens with one attached hydrogen (secondary N) is 4. The van der Waals surface area contributed by atoms with E-state index < -0.39 is 0 Å². The van der Waals surface area contributed by atoms with Crippen molar-refractivity contribution in [1.29, 1.82) is 5.26 Å². The molecule has 1 aliphatic heterocycles. The van der Waals surface area contributed by atoms with Crippen molar-refractivity contribution >= 4 is 44.7 Å². The molecule has 2 aromatic heterocycles. The number of pyridine rings is 2. The lowest BCUT2D eigenvalue weighted by atomic mass is 9.92. The van der Waals surface area contributed by atoms with E-state index in [-0.39, 0.29) is 17.0 Å². The summed E-state index contributed by atoms with van der Waals surface area (Å²) in [5.41, 5.74) is 11.2. The van der Waals surface area contributed by atoms with Crippen LogP contribution in [0.1, 0.15) is 50.8 Å². The van der Waals surface area contributed by atoms with Crippen molar-refractivity contribution in [3.05, 3.63) is 87.2 Å². The molecule has 220 valence electrons. The maximum Gasteiger partial charge on any atom is 0.258 e. The Balaban J connectivity index is 1.34. The first-order valence-electron chi connectivity index (χ1n) is 14.7. The fraction of sp³-hybridized carbons (Fsp3) is 0.364. The van der Waals surface area contributed by atoms with Gasteiger partial charge in [0.15, 0.2) is 0 Å². The molecule has 4 N–H and O–H groups in total. The van der Waals surface area contributed by atoms with Crippen molar-refractivity contribution in [2.24, 2.45) is 24.3 Å². The second kappa shape index (κ2) is 10.2. The molecule has 0 bridgehead atoms. The minimum Gasteiger partial charge on any atom is -0.383 e. The van der Waals surface area contributed by atoms with E-state index in [9.17, 15) is 10.1 Å². The van der Waals surface area contributed by atoms with E-state index in [2.05, 4.69) is 70.7 Å². The molecule has 4 atom stereocenters. The molecule has 9 nitrogen and oxygen atoms in total. The molecule has 2 aromatic carbocycles. The van der Waals surface area contributed by atoms with Crippen molar-refractivity contribution in [3.8, 4) is 6.07 Å². The standard InChI is InChI=1S/C33H35ClN8O/c1-33(2,3)17-37-29-19(14-35)15-36-30-25(29)12-20(13-26(30)34)38-31(27-16-42(40-39-27)28-11-18-10-24(18)28)22-6-5-7-23-21(22)8-9-41(4)32(23)43/h5-9,12-13,15-16,18,24,28,31,38-40H,10-11,17H2,1-4H3,(H,36,37)/t18?,24?,28?,31-/m0/s1. The predicted octanol–water partition coefficient (Wildman–Crippen LogP) is 5.80. The van der Waals surface area contributed by atoms with E-state index in [1.165, 1.54) is 12.8 Å². The highest BCUT2D eigenvalue weighted by atomic mass is 35.5. The molecule has 7 rings (SSSR count). The van der Waals surface area contributed by atoms with Crippen LogP contribution in [0.4, 0.5) is 11.4 Å². The Bertz CT molecular complexity index is 1900. The fourth-order valence-electron chi connectivity index (χ4n) is 6.40. The normalized spacial score (nSPS) is 21.4. The number of benzene rings is 2. The molecule has 43 heavy (non-hydrogen) atoms. The predicted molar refractivity (Wildman–Crippen MR) is 171 cm³/mol. The molecule has 2 saturated carbocycles. The molecule has 0 saturated heterocycles. The summed E-state index contributed by atoms with van der Waals surface area (Å²) in [6.45, 7) is 7.10. The topological polar surface area (TPSA) is 110 Å². The SMILES string of the molecule is Cn1ccc2c([C@H](Nc3cc(Cl)c4ncc(C#N)c(NCC(C)(C)C)c4c3)C3=CN(C4CC5CC54)NN3)cccc2c1=O. The van der Waals surface area contributed by atoms with E-state index in [1.807, 2.05) is 36.5 Å². The number of hydrogen-bond acceptors (Lipinski definition) is 8. The summed E-state index contributed by atoms with van der Waals surface area (Å²) < 4.78 is 1.60. The number of rotatable bonds is 7. The molecular weight excluding hydrogens is 560 g/mol. The average molecular weight is 595 g/mol. The number of aryl methyl sites for hydroxylation is 1. The van der Waals surface area contributed by atoms with E-state index in [0.717, 1.165) is 39.6 Å². The number of halogens is 1. The number of fused-ring (bicyclic) bond motifs is 3. The summed E-state index contributed by atoms with van der Waals surface area (Å²) in [5.74, 6) is 1.64. The number of nitrogens with zero attached hydrogens (tertiary/aromatic N) is 4. The van der Waals surface area contributed by atoms with Gasteiger partial charge in [0.05, 0.1) is 33.5 Å². The summed E-state index contributed by atoms with van der Waals surface area (Å²) in [7, 11) is 1.77. The van der Waals surface area contributed by atoms with Crippen LogP contribution in [-0.2, 0) is 7.05 Å². The lowest BCUT2D eigenvalue weighted by Crippen LogP contribution is -2.47. The van der Waals surface area contributed by atoms with Gasteiger partial charge in [-0.15, -0.1) is 5.53 Å². The largest absolute Gasteiger partial charge is 0.383 e. The third-order valence-corrected chi connectivity index (χ3v) is 9.20. The van der Waals surface area contributed by atoms with Crippen LogP contribution in [0.15, 0.2) is 65.5 Å². The number of nitriles is 1. The van der Waals surface area contributed by atoms with Gasteiger partial charge < -0.3 is 20.6 Å². The minimum atomic E-state index is -0.338. The van der Waals surface area contributed by atoms with Gasteiger partial charge in [0.2, 0.25) is 0 Å². The Morgan fingerprint density at radius 2 is 2.02 bits per heavy atom. The second-order valence-electron chi connectivity index (χ2n) is 13.2. The number of aromatic nitrogens is 2. The molecule has 2 fully saturated rings. The van der Waals surface area contributed by atoms with Crippen LogP contribution in [-0.4, -0.2) is 27.1 Å². The molecule has 3 unspecified atom stereocenters. The Kier molecular flexibility index (Phi) is 6.53. The molecule has 10 heteroatoms. The summed E-state index contributed by atoms with van der Waals surface area (Å²) in [5, 5.41) is 22.1. The van der Waals surface area contributed by atoms with Crippen LogP contribution >= 0.6 is 11.6 Å². The van der Waals surface area contributed by atoms with Crippen LogP contribution in [0.3, 0.4) is 0 Å². The zero-order valence-electron chi connectivity index (χ0n) is 24.7. The quantitative estimate of drug-likeness (QED) is 0.213. The van der Waals surface area contributed by atoms with Gasteiger partial charge in [-0.1, -0.05) is 44.5 Å². The van der Waals surface area contributed by atoms with Crippen LogP contribution < -0.4 is 27.2 Å². The van der Waals surface area contributed by atoms with Crippen LogP contribution in [0.5, 0.6) is 0 Å². The summed E-state index contributed by atoms with van der Waals surface area (Å²) in [4.78, 5) is 17.6. The first-order valence-corrected chi connectivity index (χ1v) is 15.1. The first kappa shape index (κ1) is 27.6. The molecule has 3 aliphatic rings. The van der Waals surface area contributed by atoms with Gasteiger partial charge >= 0.3 is 0 Å². The first-order chi connectivity index (χ1) is 20.6. The van der Waals surface area contributed by atoms with Crippen LogP contribution in [0.25, 0.3) is 21.7 Å². The molecule has 3 heterocycles. The highest BCUT2D eigenvalue weighted by Gasteiger charge is 2.56. The second-order valence-corrected chi connectivity index (χ2v) is 13.6. The molecular formula is C33H35ClN8O. The fourth-order valence-corrected chi connectivity index (χ4v) is 6.67. The Hall–Kier alpha value is -4.26. The summed E-state index contributed by atoms with van der Waals surface area (Å²) >= 11 is 6.85. The Morgan fingerprint density at radius 1 is 1.19 bits per heavy atom. The average Bonchev–Trinajstić information content (AvgIpc) is 3.36. The molecule has 0 spiro atoms. The number of anilines is 2. The smallest absolute Gasteiger partial charge is 0.258 e. The zero-order chi connectivity index (χ0) is 30.0. The molecule has 0 radical (unpaired) electrons. The lowest BCUT2D eigenvalue weighted by molar-refractivity contribution is 0.116. The molecule has 2 aliphatic carbocycles. The minimum absolute atomic E-state index is 0.00109. The van der Waals surface area contributed by atoms with Gasteiger partial charge in [-0.3, -0.25) is 14.8 Å². The van der Waals surface area contributed by atoms with Gasteiger partial charge in [-0.2, -0.15) is 5.26 Å². The van der Waals surface area contributed by atoms with Crippen LogP contribution in [0, 0.1) is 28.6 Å². The van der Waals surface area contributed by atoms with E-state index in [1.54, 1.807) is 17.8 Å². The van der Waals surface area contributed by atoms with Crippen LogP contribution in [0.2, 0.25) is 5.02 Å². The highest BCUT2D eigenvalue weighted by Crippen LogP contribution is 2.57. The highest BCUT2D eigenvalue weighted by molar-refractivity contribution is 6.35. The lowest BCUT2D eigenvalue weighted by Gasteiger charge is -2.33. The van der Waals surface area contributed by atoms with Gasteiger partial charge in [-0.25, -0.2) is 0 Å². The van der Waals surface area contributed by atoms with Crippen molar-refractivity contribution < 1.29 is 0 Å². The Morgan fingerprint density at radius 3 is 2.74 bits per heavy atom. The monoisotopic (exact) mass is 594 g/mol. The third kappa shape index (κ3) is 4.94. The Labute approximate surface area is 255 Å². The number of hydrogen-bond donors (Lipinski definition) is 4. The maximum atomic E-state index is 13.1. The molecule has 0 amide bonds. The van der Waals surface area contributed by atoms with Gasteiger partial charge in [-0.05, 0) is 65.3 Å². The van der Waals surface area contributed by atoms with Crippen molar-refractivity contribution in [2.45, 2.75) is 45.7 Å². The third-order valence-electron chi connectivity index (χ3n) is 8.91. The zero-order valence-corrected chi connectivity index (χ0v) is 25.5. The summed E-state index contributed by atoms with van der Waals surface area (Å²) in [6.07, 6.45) is 8.03. The molecule has 4 aromatic rings. The van der Waals surface area contributed by atoms with Crippen molar-refractivity contribution in [1.82, 2.24) is 25.5 Å². The summed E-state index contributed by atoms with van der Waals surface area (Å²) in [6, 6.07) is 14.1. The van der Waals surface area contributed by atoms with Gasteiger partial charge in [0, 0.05) is 54.7 Å². The number of hydrazine groups is 2.